The first-order chi connectivity index (χ1) is 16.4. The number of ketones is 1. The summed E-state index contributed by atoms with van der Waals surface area (Å²) in [5.74, 6) is -1.22. The molecule has 180 valence electrons. The number of Topliss-reactive ketones (excluding diaryl/α,β-unsaturated/α-hetero) is 1. The number of nitrogens with one attached hydrogen (secondary N) is 1. The maximum Gasteiger partial charge on any atom is 0.292 e. The Morgan fingerprint density at radius 3 is 2.32 bits per heavy atom. The van der Waals surface area contributed by atoms with Crippen LogP contribution in [0.1, 0.15) is 36.2 Å². The predicted molar refractivity (Wildman–Crippen MR) is 135 cm³/mol. The van der Waals surface area contributed by atoms with Gasteiger partial charge in [0.25, 0.3) is 11.7 Å². The van der Waals surface area contributed by atoms with Crippen LogP contribution in [0.2, 0.25) is 0 Å². The lowest BCUT2D eigenvalue weighted by atomic mass is 10.1. The van der Waals surface area contributed by atoms with Crippen LogP contribution in [-0.4, -0.2) is 65.2 Å². The van der Waals surface area contributed by atoms with E-state index in [0.29, 0.717) is 30.6 Å². The van der Waals surface area contributed by atoms with Crippen LogP contribution >= 0.6 is 0 Å². The van der Waals surface area contributed by atoms with Gasteiger partial charge in [-0.05, 0) is 45.5 Å². The second-order valence-electron chi connectivity index (χ2n) is 8.42. The Morgan fingerprint density at radius 2 is 1.62 bits per heavy atom. The minimum atomic E-state index is -0.622. The molecule has 0 radical (unpaired) electrons. The van der Waals surface area contributed by atoms with Crippen LogP contribution in [0, 0.1) is 0 Å². The summed E-state index contributed by atoms with van der Waals surface area (Å²) in [6.45, 7) is 7.32. The minimum Gasteiger partial charge on any atom is -0.349 e. The van der Waals surface area contributed by atoms with Crippen molar-refractivity contribution < 1.29 is 14.4 Å². The second kappa shape index (κ2) is 12.1. The van der Waals surface area contributed by atoms with Gasteiger partial charge >= 0.3 is 0 Å². The standard InChI is InChI=1S/C27H34N4O3/c1-4-30(5-2)25(32)20-31-19-23(22-14-9-10-15-24(22)31)26(33)27(34)28-16-11-17-29(3)18-21-12-7-6-8-13-21/h6-10,12-15,19H,4-5,11,16-18,20H2,1-3H3,(H,28,34). The Kier molecular flexibility index (Phi) is 8.99. The molecule has 1 N–H and O–H groups in total. The molecule has 0 aliphatic carbocycles. The van der Waals surface area contributed by atoms with E-state index in [9.17, 15) is 14.4 Å². The van der Waals surface area contributed by atoms with Crippen molar-refractivity contribution >= 4 is 28.5 Å². The number of carbonyl (C=O) groups excluding carboxylic acids is 3. The normalized spacial score (nSPS) is 11.1. The molecule has 0 aliphatic heterocycles. The molecule has 7 heteroatoms. The van der Waals surface area contributed by atoms with Crippen LogP contribution in [0.25, 0.3) is 10.9 Å². The average Bonchev–Trinajstić information content (AvgIpc) is 3.21. The molecule has 0 saturated carbocycles. The number of benzene rings is 2. The number of amides is 2. The van der Waals surface area contributed by atoms with Gasteiger partial charge in [-0.15, -0.1) is 0 Å². The van der Waals surface area contributed by atoms with E-state index in [2.05, 4.69) is 22.3 Å². The van der Waals surface area contributed by atoms with Crippen molar-refractivity contribution in [2.24, 2.45) is 0 Å². The number of hydrogen-bond donors (Lipinski definition) is 1. The van der Waals surface area contributed by atoms with Gasteiger partial charge in [0.2, 0.25) is 5.91 Å². The first-order valence-electron chi connectivity index (χ1n) is 11.8. The highest BCUT2D eigenvalue weighted by molar-refractivity contribution is 6.45. The van der Waals surface area contributed by atoms with Crippen molar-refractivity contribution in [3.63, 3.8) is 0 Å². The van der Waals surface area contributed by atoms with E-state index in [4.69, 9.17) is 0 Å². The smallest absolute Gasteiger partial charge is 0.292 e. The van der Waals surface area contributed by atoms with Gasteiger partial charge in [-0.1, -0.05) is 48.5 Å². The summed E-state index contributed by atoms with van der Waals surface area (Å²) in [5, 5.41) is 3.43. The van der Waals surface area contributed by atoms with Crippen LogP contribution in [0.3, 0.4) is 0 Å². The molecule has 7 nitrogen and oxygen atoms in total. The van der Waals surface area contributed by atoms with Gasteiger partial charge in [0.15, 0.2) is 0 Å². The van der Waals surface area contributed by atoms with Gasteiger partial charge < -0.3 is 19.7 Å². The van der Waals surface area contributed by atoms with E-state index in [1.165, 1.54) is 5.56 Å². The molecule has 0 unspecified atom stereocenters. The van der Waals surface area contributed by atoms with Gasteiger partial charge in [-0.2, -0.15) is 0 Å². The number of likely N-dealkylation sites (N-methyl/N-ethyl adjacent to an activating group) is 1. The topological polar surface area (TPSA) is 74.6 Å². The third kappa shape index (κ3) is 6.32. The molecule has 0 bridgehead atoms. The van der Waals surface area contributed by atoms with Crippen LogP contribution in [0.4, 0.5) is 0 Å². The molecule has 3 aromatic rings. The molecule has 34 heavy (non-hydrogen) atoms. The summed E-state index contributed by atoms with van der Waals surface area (Å²) in [7, 11) is 2.04. The third-order valence-electron chi connectivity index (χ3n) is 5.96. The number of rotatable bonds is 12. The Morgan fingerprint density at radius 1 is 0.941 bits per heavy atom. The van der Waals surface area contributed by atoms with E-state index in [-0.39, 0.29) is 12.5 Å². The monoisotopic (exact) mass is 462 g/mol. The Hall–Kier alpha value is -3.45. The SMILES string of the molecule is CCN(CC)C(=O)Cn1cc(C(=O)C(=O)NCCCN(C)Cc2ccccc2)c2ccccc21. The maximum atomic E-state index is 12.9. The molecule has 0 atom stereocenters. The lowest BCUT2D eigenvalue weighted by Gasteiger charge is -2.19. The fourth-order valence-electron chi connectivity index (χ4n) is 4.11. The Bertz CT molecular complexity index is 1120. The Labute approximate surface area is 201 Å². The van der Waals surface area contributed by atoms with Crippen LogP contribution in [-0.2, 0) is 22.7 Å². The van der Waals surface area contributed by atoms with Crippen LogP contribution in [0.15, 0.2) is 60.8 Å². The van der Waals surface area contributed by atoms with E-state index in [1.54, 1.807) is 15.7 Å². The third-order valence-corrected chi connectivity index (χ3v) is 5.96. The van der Waals surface area contributed by atoms with E-state index < -0.39 is 11.7 Å². The van der Waals surface area contributed by atoms with Crippen molar-refractivity contribution in [2.75, 3.05) is 33.2 Å². The zero-order valence-electron chi connectivity index (χ0n) is 20.3. The summed E-state index contributed by atoms with van der Waals surface area (Å²) in [4.78, 5) is 42.1. The number of aromatic nitrogens is 1. The molecule has 0 fully saturated rings. The van der Waals surface area contributed by atoms with Crippen molar-refractivity contribution in [1.29, 1.82) is 0 Å². The molecule has 1 heterocycles. The van der Waals surface area contributed by atoms with Gasteiger partial charge in [0.1, 0.15) is 6.54 Å². The summed E-state index contributed by atoms with van der Waals surface area (Å²) in [6, 6.07) is 17.6. The molecule has 2 amide bonds. The molecule has 1 aromatic heterocycles. The first-order valence-corrected chi connectivity index (χ1v) is 11.8. The highest BCUT2D eigenvalue weighted by atomic mass is 16.2. The van der Waals surface area contributed by atoms with Gasteiger partial charge in [-0.25, -0.2) is 0 Å². The fraction of sp³-hybridized carbons (Fsp3) is 0.370. The number of para-hydroxylation sites is 1. The summed E-state index contributed by atoms with van der Waals surface area (Å²) in [6.07, 6.45) is 2.37. The zero-order chi connectivity index (χ0) is 24.5. The van der Waals surface area contributed by atoms with Gasteiger partial charge in [-0.3, -0.25) is 14.4 Å². The number of nitrogens with zero attached hydrogens (tertiary/aromatic N) is 3. The first kappa shape index (κ1) is 25.2. The summed E-state index contributed by atoms with van der Waals surface area (Å²) in [5.41, 5.74) is 2.32. The van der Waals surface area contributed by atoms with E-state index >= 15 is 0 Å². The van der Waals surface area contributed by atoms with Crippen molar-refractivity contribution in [2.45, 2.75) is 33.4 Å². The number of hydrogen-bond acceptors (Lipinski definition) is 4. The summed E-state index contributed by atoms with van der Waals surface area (Å²) >= 11 is 0. The summed E-state index contributed by atoms with van der Waals surface area (Å²) < 4.78 is 1.76. The highest BCUT2D eigenvalue weighted by Gasteiger charge is 2.22. The fourth-order valence-corrected chi connectivity index (χ4v) is 4.11. The molecule has 2 aromatic carbocycles. The molecule has 3 rings (SSSR count). The zero-order valence-corrected chi connectivity index (χ0v) is 20.3. The molecule has 0 spiro atoms. The molecule has 0 aliphatic rings. The quantitative estimate of drug-likeness (QED) is 0.255. The van der Waals surface area contributed by atoms with E-state index in [0.717, 1.165) is 25.0 Å². The lowest BCUT2D eigenvalue weighted by molar-refractivity contribution is -0.131. The van der Waals surface area contributed by atoms with Crippen molar-refractivity contribution in [3.05, 3.63) is 71.9 Å². The second-order valence-corrected chi connectivity index (χ2v) is 8.42. The van der Waals surface area contributed by atoms with Gasteiger partial charge in [0.05, 0.1) is 5.56 Å². The van der Waals surface area contributed by atoms with Crippen molar-refractivity contribution in [3.8, 4) is 0 Å². The predicted octanol–water partition coefficient (Wildman–Crippen LogP) is 3.33. The number of fused-ring (bicyclic) bond motifs is 1. The lowest BCUT2D eigenvalue weighted by Crippen LogP contribution is -2.33. The maximum absolute atomic E-state index is 12.9. The Balaban J connectivity index is 1.59. The molecular weight excluding hydrogens is 428 g/mol. The van der Waals surface area contributed by atoms with Crippen LogP contribution < -0.4 is 5.32 Å². The average molecular weight is 463 g/mol. The van der Waals surface area contributed by atoms with Crippen molar-refractivity contribution in [1.82, 2.24) is 19.7 Å². The highest BCUT2D eigenvalue weighted by Crippen LogP contribution is 2.22. The minimum absolute atomic E-state index is 0.0196. The van der Waals surface area contributed by atoms with Crippen LogP contribution in [0.5, 0.6) is 0 Å². The molecular formula is C27H34N4O3. The van der Waals surface area contributed by atoms with E-state index in [1.807, 2.05) is 63.4 Å². The number of carbonyl (C=O) groups is 3. The largest absolute Gasteiger partial charge is 0.349 e. The molecule has 0 saturated heterocycles. The van der Waals surface area contributed by atoms with Gasteiger partial charge in [0, 0.05) is 43.3 Å².